The Hall–Kier alpha value is -2.83. The molecule has 29 heavy (non-hydrogen) atoms. The van der Waals surface area contributed by atoms with Crippen LogP contribution in [0.5, 0.6) is 0 Å². The summed E-state index contributed by atoms with van der Waals surface area (Å²) in [4.78, 5) is 19.5. The van der Waals surface area contributed by atoms with Crippen molar-refractivity contribution >= 4 is 16.9 Å². The first-order valence-electron chi connectivity index (χ1n) is 9.75. The molecule has 3 aromatic rings. The summed E-state index contributed by atoms with van der Waals surface area (Å²) in [7, 11) is 0. The summed E-state index contributed by atoms with van der Waals surface area (Å²) in [6, 6.07) is 15.3. The van der Waals surface area contributed by atoms with Gasteiger partial charge < -0.3 is 9.47 Å². The standard InChI is InChI=1S/C23H23FN2O3/c1-16(18-14-17-6-2-5-9-21(17)25-15-18)29-23(27)22(26-10-12-28-13-11-26)19-7-3-4-8-20(19)24/h2-9,14-16,22H,10-13H2,1H3/t16-,22-/m0/s1. The Kier molecular flexibility index (Phi) is 5.83. The van der Waals surface area contributed by atoms with Gasteiger partial charge in [0.05, 0.1) is 18.7 Å². The number of rotatable bonds is 5. The Bertz CT molecular complexity index is 1000. The van der Waals surface area contributed by atoms with Gasteiger partial charge in [-0.3, -0.25) is 9.88 Å². The first kappa shape index (κ1) is 19.5. The normalized spacial score (nSPS) is 17.0. The highest BCUT2D eigenvalue weighted by atomic mass is 19.1. The number of para-hydroxylation sites is 1. The number of halogens is 1. The minimum Gasteiger partial charge on any atom is -0.456 e. The number of aromatic nitrogens is 1. The number of benzene rings is 2. The van der Waals surface area contributed by atoms with Gasteiger partial charge in [0.1, 0.15) is 18.0 Å². The second-order valence-electron chi connectivity index (χ2n) is 7.11. The lowest BCUT2D eigenvalue weighted by molar-refractivity contribution is -0.157. The van der Waals surface area contributed by atoms with Crippen molar-refractivity contribution in [3.05, 3.63) is 77.7 Å². The first-order valence-corrected chi connectivity index (χ1v) is 9.75. The molecule has 2 aromatic carbocycles. The van der Waals surface area contributed by atoms with Crippen molar-refractivity contribution in [2.45, 2.75) is 19.1 Å². The highest BCUT2D eigenvalue weighted by molar-refractivity contribution is 5.80. The lowest BCUT2D eigenvalue weighted by Crippen LogP contribution is -2.43. The third kappa shape index (κ3) is 4.28. The molecule has 1 fully saturated rings. The van der Waals surface area contributed by atoms with Gasteiger partial charge in [0.25, 0.3) is 0 Å². The molecule has 0 aliphatic carbocycles. The zero-order valence-electron chi connectivity index (χ0n) is 16.3. The molecular weight excluding hydrogens is 371 g/mol. The van der Waals surface area contributed by atoms with Crippen LogP contribution in [0, 0.1) is 5.82 Å². The molecule has 0 radical (unpaired) electrons. The van der Waals surface area contributed by atoms with Crippen molar-refractivity contribution in [3.8, 4) is 0 Å². The molecule has 1 aliphatic heterocycles. The molecule has 2 heterocycles. The summed E-state index contributed by atoms with van der Waals surface area (Å²) >= 11 is 0. The number of hydrogen-bond acceptors (Lipinski definition) is 5. The molecular formula is C23H23FN2O3. The molecule has 5 nitrogen and oxygen atoms in total. The summed E-state index contributed by atoms with van der Waals surface area (Å²) in [5.41, 5.74) is 2.00. The molecule has 1 aromatic heterocycles. The van der Waals surface area contributed by atoms with Gasteiger partial charge in [-0.15, -0.1) is 0 Å². The lowest BCUT2D eigenvalue weighted by Gasteiger charge is -2.34. The van der Waals surface area contributed by atoms with E-state index in [1.165, 1.54) is 6.07 Å². The van der Waals surface area contributed by atoms with Crippen LogP contribution in [0.1, 0.15) is 30.2 Å². The fourth-order valence-corrected chi connectivity index (χ4v) is 3.62. The molecule has 1 saturated heterocycles. The highest BCUT2D eigenvalue weighted by Crippen LogP contribution is 2.29. The van der Waals surface area contributed by atoms with Crippen LogP contribution in [0.4, 0.5) is 4.39 Å². The van der Waals surface area contributed by atoms with Gasteiger partial charge in [0.15, 0.2) is 0 Å². The number of carbonyl (C=O) groups excluding carboxylic acids is 1. The van der Waals surface area contributed by atoms with Gasteiger partial charge in [-0.1, -0.05) is 36.4 Å². The smallest absolute Gasteiger partial charge is 0.328 e. The fraction of sp³-hybridized carbons (Fsp3) is 0.304. The molecule has 0 amide bonds. The van der Waals surface area contributed by atoms with Crippen LogP contribution in [0.15, 0.2) is 60.8 Å². The van der Waals surface area contributed by atoms with E-state index in [9.17, 15) is 9.18 Å². The fourth-order valence-electron chi connectivity index (χ4n) is 3.62. The predicted octanol–water partition coefficient (Wildman–Crippen LogP) is 4.05. The zero-order chi connectivity index (χ0) is 20.2. The van der Waals surface area contributed by atoms with Gasteiger partial charge in [0.2, 0.25) is 0 Å². The maximum atomic E-state index is 14.5. The molecule has 0 unspecified atom stereocenters. The van der Waals surface area contributed by atoms with Gasteiger partial charge >= 0.3 is 5.97 Å². The Morgan fingerprint density at radius 2 is 1.86 bits per heavy atom. The largest absolute Gasteiger partial charge is 0.456 e. The zero-order valence-corrected chi connectivity index (χ0v) is 16.3. The van der Waals surface area contributed by atoms with Crippen LogP contribution in [0.3, 0.4) is 0 Å². The van der Waals surface area contributed by atoms with E-state index in [2.05, 4.69) is 4.98 Å². The maximum Gasteiger partial charge on any atom is 0.328 e. The summed E-state index contributed by atoms with van der Waals surface area (Å²) < 4.78 is 25.7. The summed E-state index contributed by atoms with van der Waals surface area (Å²) in [6.45, 7) is 3.90. The summed E-state index contributed by atoms with van der Waals surface area (Å²) in [6.07, 6.45) is 1.21. The van der Waals surface area contributed by atoms with Gasteiger partial charge in [-0.2, -0.15) is 0 Å². The third-order valence-electron chi connectivity index (χ3n) is 5.21. The third-order valence-corrected chi connectivity index (χ3v) is 5.21. The number of fused-ring (bicyclic) bond motifs is 1. The number of carbonyl (C=O) groups is 1. The van der Waals surface area contributed by atoms with E-state index in [0.29, 0.717) is 31.9 Å². The molecule has 6 heteroatoms. The summed E-state index contributed by atoms with van der Waals surface area (Å²) in [5.74, 6) is -0.890. The molecule has 150 valence electrons. The van der Waals surface area contributed by atoms with Crippen molar-refractivity contribution in [3.63, 3.8) is 0 Å². The van der Waals surface area contributed by atoms with Crippen molar-refractivity contribution in [2.24, 2.45) is 0 Å². The van der Waals surface area contributed by atoms with E-state index in [0.717, 1.165) is 16.5 Å². The number of esters is 1. The highest BCUT2D eigenvalue weighted by Gasteiger charge is 2.33. The molecule has 0 saturated carbocycles. The first-order chi connectivity index (χ1) is 14.1. The van der Waals surface area contributed by atoms with E-state index in [1.54, 1.807) is 31.3 Å². The van der Waals surface area contributed by atoms with Crippen LogP contribution in [0.25, 0.3) is 10.9 Å². The number of morpholine rings is 1. The number of nitrogens with zero attached hydrogens (tertiary/aromatic N) is 2. The molecule has 0 N–H and O–H groups in total. The Morgan fingerprint density at radius 3 is 2.66 bits per heavy atom. The molecule has 1 aliphatic rings. The Labute approximate surface area is 169 Å². The van der Waals surface area contributed by atoms with E-state index < -0.39 is 23.9 Å². The van der Waals surface area contributed by atoms with Crippen molar-refractivity contribution in [1.82, 2.24) is 9.88 Å². The second kappa shape index (κ2) is 8.68. The van der Waals surface area contributed by atoms with E-state index in [4.69, 9.17) is 9.47 Å². The van der Waals surface area contributed by atoms with Crippen LogP contribution in [0.2, 0.25) is 0 Å². The average molecular weight is 394 g/mol. The van der Waals surface area contributed by atoms with Gasteiger partial charge in [-0.25, -0.2) is 9.18 Å². The van der Waals surface area contributed by atoms with E-state index in [1.807, 2.05) is 35.2 Å². The monoisotopic (exact) mass is 394 g/mol. The molecule has 0 spiro atoms. The van der Waals surface area contributed by atoms with Crippen LogP contribution < -0.4 is 0 Å². The van der Waals surface area contributed by atoms with Crippen LogP contribution in [-0.2, 0) is 14.3 Å². The maximum absolute atomic E-state index is 14.5. The number of pyridine rings is 1. The Balaban J connectivity index is 1.58. The minimum atomic E-state index is -0.809. The van der Waals surface area contributed by atoms with Gasteiger partial charge in [-0.05, 0) is 25.1 Å². The molecule has 0 bridgehead atoms. The molecule has 4 rings (SSSR count). The van der Waals surface area contributed by atoms with Crippen molar-refractivity contribution < 1.29 is 18.7 Å². The van der Waals surface area contributed by atoms with Crippen LogP contribution in [-0.4, -0.2) is 42.2 Å². The minimum absolute atomic E-state index is 0.322. The number of hydrogen-bond donors (Lipinski definition) is 0. The van der Waals surface area contributed by atoms with Crippen LogP contribution >= 0.6 is 0 Å². The molecule has 2 atom stereocenters. The number of ether oxygens (including phenoxy) is 2. The Morgan fingerprint density at radius 1 is 1.14 bits per heavy atom. The predicted molar refractivity (Wildman–Crippen MR) is 108 cm³/mol. The van der Waals surface area contributed by atoms with Crippen molar-refractivity contribution in [2.75, 3.05) is 26.3 Å². The quantitative estimate of drug-likeness (QED) is 0.611. The van der Waals surface area contributed by atoms with Gasteiger partial charge in [0, 0.05) is 35.8 Å². The van der Waals surface area contributed by atoms with Crippen molar-refractivity contribution in [1.29, 1.82) is 0 Å². The SMILES string of the molecule is C[C@H](OC(=O)[C@H](c1ccccc1F)N1CCOCC1)c1cnc2ccccc2c1. The average Bonchev–Trinajstić information content (AvgIpc) is 2.75. The topological polar surface area (TPSA) is 51.7 Å². The second-order valence-corrected chi connectivity index (χ2v) is 7.11. The van der Waals surface area contributed by atoms with E-state index in [-0.39, 0.29) is 0 Å². The lowest BCUT2D eigenvalue weighted by atomic mass is 10.0. The van der Waals surface area contributed by atoms with E-state index >= 15 is 0 Å². The summed E-state index contributed by atoms with van der Waals surface area (Å²) in [5, 5.41) is 0.978.